The Morgan fingerprint density at radius 1 is 0.583 bits per heavy atom. The van der Waals surface area contributed by atoms with Crippen molar-refractivity contribution in [2.45, 2.75) is 38.5 Å². The van der Waals surface area contributed by atoms with Gasteiger partial charge >= 0.3 is 0 Å². The molecule has 4 saturated carbocycles. The minimum absolute atomic E-state index is 0.871. The van der Waals surface area contributed by atoms with E-state index in [0.29, 0.717) is 0 Å². The number of hydrogen-bond acceptors (Lipinski definition) is 0. The summed E-state index contributed by atoms with van der Waals surface area (Å²) < 4.78 is 0. The van der Waals surface area contributed by atoms with Gasteiger partial charge in [-0.05, 0) is 90.0 Å². The monoisotopic (exact) mass is 312 g/mol. The first kappa shape index (κ1) is 13.5. The van der Waals surface area contributed by atoms with Gasteiger partial charge in [-0.1, -0.05) is 54.1 Å². The average molecular weight is 312 g/mol. The minimum Gasteiger partial charge on any atom is -0.0619 e. The molecule has 0 aromatic heterocycles. The van der Waals surface area contributed by atoms with E-state index >= 15 is 0 Å². The minimum atomic E-state index is 0.871. The van der Waals surface area contributed by atoms with Crippen LogP contribution in [0.2, 0.25) is 0 Å². The van der Waals surface area contributed by atoms with Crippen LogP contribution in [-0.2, 0) is 6.42 Å². The topological polar surface area (TPSA) is 0 Å². The number of hydrogen-bond donors (Lipinski definition) is 0. The maximum Gasteiger partial charge on any atom is -0.00135 e. The lowest BCUT2D eigenvalue weighted by Gasteiger charge is -2.52. The molecule has 120 valence electrons. The first-order valence-electron chi connectivity index (χ1n) is 9.77. The van der Waals surface area contributed by atoms with Gasteiger partial charge < -0.3 is 0 Å². The van der Waals surface area contributed by atoms with Crippen molar-refractivity contribution in [3.8, 4) is 0 Å². The lowest BCUT2D eigenvalue weighted by atomic mass is 9.52. The van der Waals surface area contributed by atoms with E-state index in [0.717, 1.165) is 30.1 Å². The molecule has 5 aliphatic carbocycles. The Balaban J connectivity index is 1.63. The average Bonchev–Trinajstić information content (AvgIpc) is 2.60. The first-order valence-corrected chi connectivity index (χ1v) is 9.77. The highest BCUT2D eigenvalue weighted by Crippen LogP contribution is 2.59. The highest BCUT2D eigenvalue weighted by molar-refractivity contribution is 5.88. The van der Waals surface area contributed by atoms with E-state index in [4.69, 9.17) is 0 Å². The Bertz CT molecular complexity index is 776. The summed E-state index contributed by atoms with van der Waals surface area (Å²) in [6, 6.07) is 18.4. The van der Waals surface area contributed by atoms with Gasteiger partial charge in [-0.2, -0.15) is 0 Å². The third-order valence-corrected chi connectivity index (χ3v) is 7.26. The maximum atomic E-state index is 2.39. The van der Waals surface area contributed by atoms with Crippen molar-refractivity contribution in [2.75, 3.05) is 0 Å². The molecule has 2 aromatic carbocycles. The van der Waals surface area contributed by atoms with Gasteiger partial charge in [-0.3, -0.25) is 0 Å². The van der Waals surface area contributed by atoms with Crippen LogP contribution in [0.1, 0.15) is 54.4 Å². The summed E-state index contributed by atoms with van der Waals surface area (Å²) in [4.78, 5) is 0. The van der Waals surface area contributed by atoms with Gasteiger partial charge in [0, 0.05) is 0 Å². The molecule has 0 N–H and O–H groups in total. The number of fused-ring (bicyclic) bond motifs is 2. The van der Waals surface area contributed by atoms with Gasteiger partial charge in [0.2, 0.25) is 0 Å². The molecule has 24 heavy (non-hydrogen) atoms. The van der Waals surface area contributed by atoms with E-state index < -0.39 is 0 Å². The molecular formula is C24H24. The molecule has 2 aromatic rings. The van der Waals surface area contributed by atoms with Crippen LogP contribution in [0, 0.1) is 23.7 Å². The van der Waals surface area contributed by atoms with Crippen molar-refractivity contribution in [3.63, 3.8) is 0 Å². The van der Waals surface area contributed by atoms with Crippen LogP contribution in [-0.4, -0.2) is 0 Å². The summed E-state index contributed by atoms with van der Waals surface area (Å²) in [5, 5.41) is 0. The van der Waals surface area contributed by atoms with Crippen molar-refractivity contribution >= 4 is 5.57 Å². The fourth-order valence-corrected chi connectivity index (χ4v) is 6.60. The Hall–Kier alpha value is -1.82. The van der Waals surface area contributed by atoms with Crippen LogP contribution in [0.4, 0.5) is 0 Å². The number of rotatable bonds is 0. The van der Waals surface area contributed by atoms with Crippen LogP contribution in [0.3, 0.4) is 0 Å². The zero-order chi connectivity index (χ0) is 15.7. The maximum absolute atomic E-state index is 2.39. The predicted molar refractivity (Wildman–Crippen MR) is 98.8 cm³/mol. The van der Waals surface area contributed by atoms with Crippen molar-refractivity contribution in [2.24, 2.45) is 23.7 Å². The summed E-state index contributed by atoms with van der Waals surface area (Å²) in [5.74, 6) is 3.81. The summed E-state index contributed by atoms with van der Waals surface area (Å²) >= 11 is 0. The van der Waals surface area contributed by atoms with Crippen LogP contribution in [0.5, 0.6) is 0 Å². The largest absolute Gasteiger partial charge is 0.0619 e. The lowest BCUT2D eigenvalue weighted by Crippen LogP contribution is -2.41. The second-order valence-electron chi connectivity index (χ2n) is 8.63. The molecule has 0 spiro atoms. The number of benzene rings is 2. The van der Waals surface area contributed by atoms with Crippen molar-refractivity contribution in [1.29, 1.82) is 0 Å². The molecule has 4 fully saturated rings. The van der Waals surface area contributed by atoms with Gasteiger partial charge in [0.05, 0.1) is 0 Å². The van der Waals surface area contributed by atoms with Gasteiger partial charge in [-0.15, -0.1) is 0 Å². The second-order valence-corrected chi connectivity index (χ2v) is 8.63. The molecule has 0 heteroatoms. The van der Waals surface area contributed by atoms with Gasteiger partial charge in [0.25, 0.3) is 0 Å². The zero-order valence-electron chi connectivity index (χ0n) is 14.2. The Morgan fingerprint density at radius 2 is 1.08 bits per heavy atom. The van der Waals surface area contributed by atoms with Crippen LogP contribution < -0.4 is 0 Å². The SMILES string of the molecule is c1ccc2c(c1)Cc1ccccc1C2=C1C2CC3CC(C2)CC1C3. The Labute approximate surface area is 144 Å². The van der Waals surface area contributed by atoms with E-state index in [2.05, 4.69) is 48.5 Å². The standard InChI is InChI=1S/C24H24/c1-3-7-21-17(5-1)14-18-6-2-4-8-22(18)24(21)23-19-10-15-9-16(12-19)13-20(23)11-15/h1-8,15-16,19-20H,9-14H2. The molecule has 7 rings (SSSR count). The molecule has 0 atom stereocenters. The smallest absolute Gasteiger partial charge is 0.00135 e. The molecule has 0 aliphatic heterocycles. The van der Waals surface area contributed by atoms with E-state index in [1.165, 1.54) is 43.2 Å². The normalized spacial score (nSPS) is 32.7. The number of allylic oxidation sites excluding steroid dienone is 1. The predicted octanol–water partition coefficient (Wildman–Crippen LogP) is 5.85. The molecule has 0 saturated heterocycles. The third-order valence-electron chi connectivity index (χ3n) is 7.26. The Morgan fingerprint density at radius 3 is 1.62 bits per heavy atom. The van der Waals surface area contributed by atoms with Gasteiger partial charge in [0.15, 0.2) is 0 Å². The van der Waals surface area contributed by atoms with Crippen LogP contribution >= 0.6 is 0 Å². The molecule has 0 radical (unpaired) electrons. The van der Waals surface area contributed by atoms with E-state index in [9.17, 15) is 0 Å². The van der Waals surface area contributed by atoms with Crippen LogP contribution in [0.15, 0.2) is 54.1 Å². The molecule has 0 nitrogen and oxygen atoms in total. The summed E-state index contributed by atoms with van der Waals surface area (Å²) in [7, 11) is 0. The lowest BCUT2D eigenvalue weighted by molar-refractivity contribution is 0.0705. The van der Waals surface area contributed by atoms with E-state index in [1.54, 1.807) is 16.7 Å². The van der Waals surface area contributed by atoms with Gasteiger partial charge in [-0.25, -0.2) is 0 Å². The molecule has 4 bridgehead atoms. The molecule has 0 unspecified atom stereocenters. The van der Waals surface area contributed by atoms with Crippen LogP contribution in [0.25, 0.3) is 5.57 Å². The van der Waals surface area contributed by atoms with E-state index in [1.807, 2.05) is 5.57 Å². The molecule has 5 aliphatic rings. The summed E-state index contributed by atoms with van der Waals surface area (Å²) in [5.41, 5.74) is 9.64. The fourth-order valence-electron chi connectivity index (χ4n) is 6.60. The highest BCUT2D eigenvalue weighted by Gasteiger charge is 2.46. The van der Waals surface area contributed by atoms with Crippen molar-refractivity contribution < 1.29 is 0 Å². The molecular weight excluding hydrogens is 288 g/mol. The summed E-state index contributed by atoms with van der Waals surface area (Å²) in [6.45, 7) is 0. The Kier molecular flexibility index (Phi) is 2.72. The molecule has 0 amide bonds. The second kappa shape index (κ2) is 4.85. The van der Waals surface area contributed by atoms with E-state index in [-0.39, 0.29) is 0 Å². The quantitative estimate of drug-likeness (QED) is 0.488. The van der Waals surface area contributed by atoms with Crippen molar-refractivity contribution in [3.05, 3.63) is 76.4 Å². The third kappa shape index (κ3) is 1.80. The van der Waals surface area contributed by atoms with Crippen molar-refractivity contribution in [1.82, 2.24) is 0 Å². The first-order chi connectivity index (χ1) is 11.9. The van der Waals surface area contributed by atoms with Gasteiger partial charge in [0.1, 0.15) is 0 Å². The molecule has 0 heterocycles. The summed E-state index contributed by atoms with van der Waals surface area (Å²) in [6.07, 6.45) is 8.51. The fraction of sp³-hybridized carbons (Fsp3) is 0.417. The zero-order valence-corrected chi connectivity index (χ0v) is 14.2. The highest BCUT2D eigenvalue weighted by atomic mass is 14.5.